The van der Waals surface area contributed by atoms with Crippen molar-refractivity contribution in [2.24, 2.45) is 5.73 Å². The fraction of sp³-hybridized carbons (Fsp3) is 0.421. The van der Waals surface area contributed by atoms with Gasteiger partial charge in [0.2, 0.25) is 5.91 Å². The molecule has 0 aromatic heterocycles. The van der Waals surface area contributed by atoms with Crippen molar-refractivity contribution in [1.82, 2.24) is 4.90 Å². The van der Waals surface area contributed by atoms with Crippen LogP contribution in [0.5, 0.6) is 0 Å². The van der Waals surface area contributed by atoms with Crippen LogP contribution < -0.4 is 5.73 Å². The minimum absolute atomic E-state index is 0.110. The summed E-state index contributed by atoms with van der Waals surface area (Å²) in [4.78, 5) is 14.3. The number of amides is 1. The van der Waals surface area contributed by atoms with E-state index in [1.807, 2.05) is 17.0 Å². The molecule has 1 heterocycles. The molecule has 2 aromatic carbocycles. The molecule has 1 amide bonds. The lowest BCUT2D eigenvalue weighted by atomic mass is 10.00. The van der Waals surface area contributed by atoms with Crippen molar-refractivity contribution < 1.29 is 4.79 Å². The molecule has 2 atom stereocenters. The lowest BCUT2D eigenvalue weighted by Gasteiger charge is -2.23. The molecule has 0 spiro atoms. The molecule has 22 heavy (non-hydrogen) atoms. The summed E-state index contributed by atoms with van der Waals surface area (Å²) in [6, 6.07) is 15.0. The Kier molecular flexibility index (Phi) is 4.44. The summed E-state index contributed by atoms with van der Waals surface area (Å²) in [6.07, 6.45) is 3.43. The van der Waals surface area contributed by atoms with Crippen molar-refractivity contribution >= 4 is 16.7 Å². The normalized spacial score (nSPS) is 19.5. The highest BCUT2D eigenvalue weighted by Gasteiger charge is 2.25. The van der Waals surface area contributed by atoms with Gasteiger partial charge in [-0.15, -0.1) is 0 Å². The molecule has 1 aliphatic rings. The van der Waals surface area contributed by atoms with Gasteiger partial charge in [-0.2, -0.15) is 0 Å². The van der Waals surface area contributed by atoms with Crippen molar-refractivity contribution in [2.45, 2.75) is 44.7 Å². The number of rotatable bonds is 4. The fourth-order valence-electron chi connectivity index (χ4n) is 3.39. The summed E-state index contributed by atoms with van der Waals surface area (Å²) in [5.41, 5.74) is 7.42. The summed E-state index contributed by atoms with van der Waals surface area (Å²) in [7, 11) is 0. The van der Waals surface area contributed by atoms with Crippen LogP contribution in [0.4, 0.5) is 0 Å². The Balaban J connectivity index is 1.62. The molecule has 1 saturated heterocycles. The fourth-order valence-corrected chi connectivity index (χ4v) is 3.39. The van der Waals surface area contributed by atoms with E-state index in [4.69, 9.17) is 5.73 Å². The number of hydrogen-bond donors (Lipinski definition) is 1. The van der Waals surface area contributed by atoms with Crippen LogP contribution in [0.25, 0.3) is 10.8 Å². The summed E-state index contributed by atoms with van der Waals surface area (Å²) in [5, 5.41) is 2.47. The molecule has 2 unspecified atom stereocenters. The van der Waals surface area contributed by atoms with Gasteiger partial charge in [0.25, 0.3) is 0 Å². The van der Waals surface area contributed by atoms with E-state index in [2.05, 4.69) is 37.3 Å². The highest BCUT2D eigenvalue weighted by atomic mass is 16.2. The maximum Gasteiger partial charge on any atom is 0.224 e. The van der Waals surface area contributed by atoms with Gasteiger partial charge in [-0.25, -0.2) is 0 Å². The molecule has 3 heteroatoms. The first kappa shape index (κ1) is 15.0. The third-order valence-corrected chi connectivity index (χ3v) is 4.62. The van der Waals surface area contributed by atoms with Gasteiger partial charge in [-0.1, -0.05) is 42.5 Å². The van der Waals surface area contributed by atoms with Crippen LogP contribution in [0.1, 0.15) is 31.7 Å². The molecule has 0 saturated carbocycles. The van der Waals surface area contributed by atoms with Crippen LogP contribution in [0.15, 0.2) is 42.5 Å². The standard InChI is InChI=1S/C19H24N2O/c1-14-5-4-10-21(14)19(22)13-18(20)12-15-8-9-16-6-2-3-7-17(16)11-15/h2-3,6-9,11,14,18H,4-5,10,12-13,20H2,1H3. The van der Waals surface area contributed by atoms with E-state index in [1.54, 1.807) is 0 Å². The number of hydrogen-bond acceptors (Lipinski definition) is 2. The Labute approximate surface area is 132 Å². The van der Waals surface area contributed by atoms with Crippen LogP contribution in [0.2, 0.25) is 0 Å². The largest absolute Gasteiger partial charge is 0.340 e. The molecule has 1 fully saturated rings. The summed E-state index contributed by atoms with van der Waals surface area (Å²) in [5.74, 6) is 0.207. The first-order valence-corrected chi connectivity index (χ1v) is 8.16. The molecule has 1 aliphatic heterocycles. The SMILES string of the molecule is CC1CCCN1C(=O)CC(N)Cc1ccc2ccccc2c1. The minimum atomic E-state index is -0.110. The monoisotopic (exact) mass is 296 g/mol. The van der Waals surface area contributed by atoms with Gasteiger partial charge < -0.3 is 10.6 Å². The van der Waals surface area contributed by atoms with E-state index < -0.39 is 0 Å². The van der Waals surface area contributed by atoms with Crippen LogP contribution in [0.3, 0.4) is 0 Å². The Bertz CT molecular complexity index is 667. The highest BCUT2D eigenvalue weighted by Crippen LogP contribution is 2.19. The van der Waals surface area contributed by atoms with Gasteiger partial charge in [-0.05, 0) is 42.5 Å². The van der Waals surface area contributed by atoms with E-state index in [1.165, 1.54) is 16.3 Å². The van der Waals surface area contributed by atoms with Crippen molar-refractivity contribution in [3.05, 3.63) is 48.0 Å². The van der Waals surface area contributed by atoms with Crippen LogP contribution in [-0.4, -0.2) is 29.4 Å². The van der Waals surface area contributed by atoms with E-state index in [0.717, 1.165) is 25.8 Å². The molecular formula is C19H24N2O. The maximum absolute atomic E-state index is 12.3. The number of nitrogens with two attached hydrogens (primary N) is 1. The molecule has 3 rings (SSSR count). The van der Waals surface area contributed by atoms with Crippen molar-refractivity contribution in [2.75, 3.05) is 6.54 Å². The zero-order valence-electron chi connectivity index (χ0n) is 13.2. The predicted octanol–water partition coefficient (Wildman–Crippen LogP) is 3.11. The van der Waals surface area contributed by atoms with Crippen molar-refractivity contribution in [3.63, 3.8) is 0 Å². The van der Waals surface area contributed by atoms with Gasteiger partial charge in [0, 0.05) is 25.0 Å². The Morgan fingerprint density at radius 1 is 1.27 bits per heavy atom. The Morgan fingerprint density at radius 2 is 2.05 bits per heavy atom. The second kappa shape index (κ2) is 6.49. The number of likely N-dealkylation sites (tertiary alicyclic amines) is 1. The first-order chi connectivity index (χ1) is 10.6. The van der Waals surface area contributed by atoms with Crippen molar-refractivity contribution in [3.8, 4) is 0 Å². The second-order valence-corrected chi connectivity index (χ2v) is 6.43. The van der Waals surface area contributed by atoms with E-state index >= 15 is 0 Å². The molecule has 2 aromatic rings. The summed E-state index contributed by atoms with van der Waals surface area (Å²) < 4.78 is 0. The lowest BCUT2D eigenvalue weighted by Crippen LogP contribution is -2.38. The van der Waals surface area contributed by atoms with E-state index in [0.29, 0.717) is 12.5 Å². The second-order valence-electron chi connectivity index (χ2n) is 6.43. The molecule has 0 bridgehead atoms. The van der Waals surface area contributed by atoms with Gasteiger partial charge in [0.05, 0.1) is 0 Å². The number of fused-ring (bicyclic) bond motifs is 1. The van der Waals surface area contributed by atoms with Crippen LogP contribution in [0, 0.1) is 0 Å². The number of carbonyl (C=O) groups is 1. The topological polar surface area (TPSA) is 46.3 Å². The zero-order valence-corrected chi connectivity index (χ0v) is 13.2. The quantitative estimate of drug-likeness (QED) is 0.942. The molecule has 3 nitrogen and oxygen atoms in total. The van der Waals surface area contributed by atoms with E-state index in [9.17, 15) is 4.79 Å². The lowest BCUT2D eigenvalue weighted by molar-refractivity contribution is -0.132. The number of carbonyl (C=O) groups excluding carboxylic acids is 1. The maximum atomic E-state index is 12.3. The first-order valence-electron chi connectivity index (χ1n) is 8.16. The minimum Gasteiger partial charge on any atom is -0.340 e. The van der Waals surface area contributed by atoms with Crippen molar-refractivity contribution in [1.29, 1.82) is 0 Å². The van der Waals surface area contributed by atoms with Gasteiger partial charge in [0.15, 0.2) is 0 Å². The third kappa shape index (κ3) is 3.30. The van der Waals surface area contributed by atoms with Gasteiger partial charge >= 0.3 is 0 Å². The Hall–Kier alpha value is -1.87. The average Bonchev–Trinajstić information content (AvgIpc) is 2.93. The number of benzene rings is 2. The van der Waals surface area contributed by atoms with Gasteiger partial charge in [-0.3, -0.25) is 4.79 Å². The molecular weight excluding hydrogens is 272 g/mol. The summed E-state index contributed by atoms with van der Waals surface area (Å²) >= 11 is 0. The average molecular weight is 296 g/mol. The summed E-state index contributed by atoms with van der Waals surface area (Å²) in [6.45, 7) is 3.02. The molecule has 0 radical (unpaired) electrons. The third-order valence-electron chi connectivity index (χ3n) is 4.62. The zero-order chi connectivity index (χ0) is 15.5. The van der Waals surface area contributed by atoms with E-state index in [-0.39, 0.29) is 11.9 Å². The smallest absolute Gasteiger partial charge is 0.224 e. The molecule has 116 valence electrons. The highest BCUT2D eigenvalue weighted by molar-refractivity contribution is 5.83. The molecule has 2 N–H and O–H groups in total. The van der Waals surface area contributed by atoms with Gasteiger partial charge in [0.1, 0.15) is 0 Å². The van der Waals surface area contributed by atoms with Crippen LogP contribution >= 0.6 is 0 Å². The Morgan fingerprint density at radius 3 is 2.77 bits per heavy atom. The predicted molar refractivity (Wildman–Crippen MR) is 90.7 cm³/mol. The number of nitrogens with zero attached hydrogens (tertiary/aromatic N) is 1. The van der Waals surface area contributed by atoms with Crippen LogP contribution in [-0.2, 0) is 11.2 Å². The molecule has 0 aliphatic carbocycles.